The highest BCUT2D eigenvalue weighted by Gasteiger charge is 2.10. The van der Waals surface area contributed by atoms with Gasteiger partial charge in [-0.1, -0.05) is 22.5 Å². The molecule has 0 aromatic heterocycles. The molecular formula is C19H21BrN2O3S. The van der Waals surface area contributed by atoms with Crippen LogP contribution in [-0.4, -0.2) is 23.9 Å². The second-order valence-corrected chi connectivity index (χ2v) is 7.56. The van der Waals surface area contributed by atoms with Crippen molar-refractivity contribution in [2.24, 2.45) is 0 Å². The summed E-state index contributed by atoms with van der Waals surface area (Å²) in [4.78, 5) is 13.1. The number of benzene rings is 2. The lowest BCUT2D eigenvalue weighted by Crippen LogP contribution is -2.37. The fraction of sp³-hybridized carbons (Fsp3) is 0.211. The molecule has 0 aliphatic carbocycles. The SMILES string of the molecule is C=C(NNC(=O)CSc1cc(C)c(Br)cc1C)c1ccc(OC)cc1O. The molecule has 0 aliphatic heterocycles. The van der Waals surface area contributed by atoms with Crippen LogP contribution in [0.15, 0.2) is 46.3 Å². The Morgan fingerprint density at radius 1 is 1.23 bits per heavy atom. The number of thioether (sulfide) groups is 1. The standard InChI is InChI=1S/C19H21BrN2O3S/c1-11-8-18(12(2)7-16(11)20)26-10-19(24)22-21-13(3)15-6-5-14(25-4)9-17(15)23/h5-9,21,23H,3,10H2,1-2,4H3,(H,22,24). The van der Waals surface area contributed by atoms with Crippen molar-refractivity contribution in [3.8, 4) is 11.5 Å². The second-order valence-electron chi connectivity index (χ2n) is 5.69. The van der Waals surface area contributed by atoms with Crippen LogP contribution < -0.4 is 15.6 Å². The molecule has 0 spiro atoms. The summed E-state index contributed by atoms with van der Waals surface area (Å²) in [7, 11) is 1.52. The predicted molar refractivity (Wildman–Crippen MR) is 109 cm³/mol. The Labute approximate surface area is 165 Å². The maximum atomic E-state index is 12.1. The molecule has 0 fully saturated rings. The Morgan fingerprint density at radius 3 is 2.62 bits per heavy atom. The van der Waals surface area contributed by atoms with Crippen molar-refractivity contribution in [3.05, 3.63) is 58.1 Å². The van der Waals surface area contributed by atoms with Crippen molar-refractivity contribution in [1.82, 2.24) is 10.9 Å². The van der Waals surface area contributed by atoms with Gasteiger partial charge in [-0.25, -0.2) is 0 Å². The van der Waals surface area contributed by atoms with E-state index < -0.39 is 0 Å². The molecular weight excluding hydrogens is 416 g/mol. The van der Waals surface area contributed by atoms with Gasteiger partial charge in [-0.2, -0.15) is 0 Å². The molecule has 0 saturated heterocycles. The summed E-state index contributed by atoms with van der Waals surface area (Å²) in [5.74, 6) is 0.631. The molecule has 2 aromatic carbocycles. The Morgan fingerprint density at radius 2 is 1.96 bits per heavy atom. The van der Waals surface area contributed by atoms with Gasteiger partial charge < -0.3 is 9.84 Å². The average Bonchev–Trinajstić information content (AvgIpc) is 2.61. The van der Waals surface area contributed by atoms with Crippen molar-refractivity contribution in [3.63, 3.8) is 0 Å². The molecule has 2 aromatic rings. The number of ether oxygens (including phenoxy) is 1. The number of methoxy groups -OCH3 is 1. The van der Waals surface area contributed by atoms with Crippen molar-refractivity contribution >= 4 is 39.3 Å². The van der Waals surface area contributed by atoms with Gasteiger partial charge in [0.15, 0.2) is 0 Å². The number of phenols is 1. The Kier molecular flexibility index (Phi) is 6.99. The van der Waals surface area contributed by atoms with Gasteiger partial charge in [-0.15, -0.1) is 11.8 Å². The monoisotopic (exact) mass is 436 g/mol. The molecule has 3 N–H and O–H groups in total. The maximum absolute atomic E-state index is 12.1. The largest absolute Gasteiger partial charge is 0.507 e. The molecule has 7 heteroatoms. The number of amides is 1. The summed E-state index contributed by atoms with van der Waals surface area (Å²) < 4.78 is 6.10. The van der Waals surface area contributed by atoms with Crippen molar-refractivity contribution in [2.75, 3.05) is 12.9 Å². The number of hydrogen-bond acceptors (Lipinski definition) is 5. The summed E-state index contributed by atoms with van der Waals surface area (Å²) in [6, 6.07) is 8.95. The molecule has 1 amide bonds. The second kappa shape index (κ2) is 9.00. The lowest BCUT2D eigenvalue weighted by Gasteiger charge is -2.13. The van der Waals surface area contributed by atoms with E-state index in [1.807, 2.05) is 19.9 Å². The van der Waals surface area contributed by atoms with Gasteiger partial charge in [0.2, 0.25) is 5.91 Å². The van der Waals surface area contributed by atoms with Gasteiger partial charge in [-0.3, -0.25) is 15.6 Å². The Bertz CT molecular complexity index is 840. The van der Waals surface area contributed by atoms with Gasteiger partial charge in [0.05, 0.1) is 18.6 Å². The summed E-state index contributed by atoms with van der Waals surface area (Å²) >= 11 is 4.97. The summed E-state index contributed by atoms with van der Waals surface area (Å²) in [5, 5.41) is 9.99. The summed E-state index contributed by atoms with van der Waals surface area (Å²) in [6.07, 6.45) is 0. The van der Waals surface area contributed by atoms with E-state index in [0.29, 0.717) is 17.0 Å². The third kappa shape index (κ3) is 5.19. The minimum atomic E-state index is -0.191. The first-order valence-corrected chi connectivity index (χ1v) is 9.60. The van der Waals surface area contributed by atoms with Crippen molar-refractivity contribution in [2.45, 2.75) is 18.7 Å². The van der Waals surface area contributed by atoms with Crippen LogP contribution >= 0.6 is 27.7 Å². The minimum Gasteiger partial charge on any atom is -0.507 e. The van der Waals surface area contributed by atoms with Crippen LogP contribution in [0.3, 0.4) is 0 Å². The molecule has 0 unspecified atom stereocenters. The van der Waals surface area contributed by atoms with Gasteiger partial charge >= 0.3 is 0 Å². The number of phenolic OH excluding ortho intramolecular Hbond substituents is 1. The Hall–Kier alpha value is -2.12. The van der Waals surface area contributed by atoms with Gasteiger partial charge in [-0.05, 0) is 49.2 Å². The van der Waals surface area contributed by atoms with E-state index in [0.717, 1.165) is 20.5 Å². The summed E-state index contributed by atoms with van der Waals surface area (Å²) in [5.41, 5.74) is 8.43. The predicted octanol–water partition coefficient (Wildman–Crippen LogP) is 4.16. The topological polar surface area (TPSA) is 70.6 Å². The van der Waals surface area contributed by atoms with Gasteiger partial charge in [0.1, 0.15) is 11.5 Å². The van der Waals surface area contributed by atoms with E-state index in [1.54, 1.807) is 12.1 Å². The van der Waals surface area contributed by atoms with E-state index in [1.165, 1.54) is 24.9 Å². The van der Waals surface area contributed by atoms with Crippen molar-refractivity contribution in [1.29, 1.82) is 0 Å². The fourth-order valence-corrected chi connectivity index (χ4v) is 3.56. The quantitative estimate of drug-likeness (QED) is 0.448. The van der Waals surface area contributed by atoms with E-state index in [9.17, 15) is 9.90 Å². The number of rotatable bonds is 7. The van der Waals surface area contributed by atoms with Crippen LogP contribution in [0, 0.1) is 13.8 Å². The van der Waals surface area contributed by atoms with Crippen LogP contribution in [0.1, 0.15) is 16.7 Å². The molecule has 2 rings (SSSR count). The average molecular weight is 437 g/mol. The molecule has 5 nitrogen and oxygen atoms in total. The first-order valence-electron chi connectivity index (χ1n) is 7.82. The number of aryl methyl sites for hydroxylation is 2. The first kappa shape index (κ1) is 20.2. The van der Waals surface area contributed by atoms with Crippen LogP contribution in [0.25, 0.3) is 5.70 Å². The van der Waals surface area contributed by atoms with E-state index >= 15 is 0 Å². The van der Waals surface area contributed by atoms with Crippen LogP contribution in [0.4, 0.5) is 0 Å². The highest BCUT2D eigenvalue weighted by atomic mass is 79.9. The summed E-state index contributed by atoms with van der Waals surface area (Å²) in [6.45, 7) is 7.85. The smallest absolute Gasteiger partial charge is 0.248 e. The first-order chi connectivity index (χ1) is 12.3. The number of hydrogen-bond donors (Lipinski definition) is 3. The van der Waals surface area contributed by atoms with Crippen molar-refractivity contribution < 1.29 is 14.6 Å². The van der Waals surface area contributed by atoms with E-state index in [2.05, 4.69) is 39.4 Å². The van der Waals surface area contributed by atoms with Crippen LogP contribution in [0.2, 0.25) is 0 Å². The normalized spacial score (nSPS) is 10.3. The van der Waals surface area contributed by atoms with Crippen LogP contribution in [-0.2, 0) is 4.79 Å². The maximum Gasteiger partial charge on any atom is 0.248 e. The van der Waals surface area contributed by atoms with Gasteiger partial charge in [0.25, 0.3) is 0 Å². The highest BCUT2D eigenvalue weighted by molar-refractivity contribution is 9.10. The zero-order chi connectivity index (χ0) is 19.3. The molecule has 138 valence electrons. The number of carbonyl (C=O) groups excluding carboxylic acids is 1. The van der Waals surface area contributed by atoms with Crippen LogP contribution in [0.5, 0.6) is 11.5 Å². The highest BCUT2D eigenvalue weighted by Crippen LogP contribution is 2.29. The third-order valence-corrected chi connectivity index (χ3v) is 5.71. The molecule has 0 bridgehead atoms. The van der Waals surface area contributed by atoms with E-state index in [-0.39, 0.29) is 17.4 Å². The lowest BCUT2D eigenvalue weighted by molar-refractivity contribution is -0.119. The van der Waals surface area contributed by atoms with E-state index in [4.69, 9.17) is 4.74 Å². The number of carbonyl (C=O) groups is 1. The third-order valence-electron chi connectivity index (χ3n) is 3.70. The molecule has 0 saturated carbocycles. The zero-order valence-corrected chi connectivity index (χ0v) is 17.3. The molecule has 0 heterocycles. The number of halogens is 1. The molecule has 0 aliphatic rings. The number of aromatic hydroxyl groups is 1. The molecule has 26 heavy (non-hydrogen) atoms. The number of hydrazine groups is 1. The van der Waals surface area contributed by atoms with Gasteiger partial charge in [0, 0.05) is 21.0 Å². The minimum absolute atomic E-state index is 0.0198. The lowest BCUT2D eigenvalue weighted by atomic mass is 10.1. The molecule has 0 radical (unpaired) electrons. The Balaban J connectivity index is 1.89. The fourth-order valence-electron chi connectivity index (χ4n) is 2.20. The zero-order valence-electron chi connectivity index (χ0n) is 14.9. The number of nitrogens with one attached hydrogen (secondary N) is 2. The molecule has 0 atom stereocenters.